The van der Waals surface area contributed by atoms with Gasteiger partial charge in [-0.2, -0.15) is 11.8 Å². The first-order valence-electron chi connectivity index (χ1n) is 6.75. The third kappa shape index (κ3) is 8.68. The van der Waals surface area contributed by atoms with Crippen molar-refractivity contribution in [2.24, 2.45) is 4.99 Å². The minimum atomic E-state index is 0. The third-order valence-electron chi connectivity index (χ3n) is 2.83. The van der Waals surface area contributed by atoms with Gasteiger partial charge in [0.2, 0.25) is 0 Å². The molecule has 0 unspecified atom stereocenters. The molecule has 0 saturated heterocycles. The van der Waals surface area contributed by atoms with Crippen LogP contribution in [0.4, 0.5) is 0 Å². The van der Waals surface area contributed by atoms with Gasteiger partial charge in [0.1, 0.15) is 0 Å². The van der Waals surface area contributed by atoms with Crippen LogP contribution in [-0.2, 0) is 6.54 Å². The monoisotopic (exact) mass is 407 g/mol. The van der Waals surface area contributed by atoms with Gasteiger partial charge >= 0.3 is 0 Å². The summed E-state index contributed by atoms with van der Waals surface area (Å²) in [6.07, 6.45) is 4.59. The van der Waals surface area contributed by atoms with E-state index in [1.54, 1.807) is 0 Å². The number of halogens is 1. The fourth-order valence-corrected chi connectivity index (χ4v) is 2.30. The Balaban J connectivity index is 0.00000361. The highest BCUT2D eigenvalue weighted by Crippen LogP contribution is 2.03. The summed E-state index contributed by atoms with van der Waals surface area (Å²) in [5, 5.41) is 6.68. The number of hydrogen-bond donors (Lipinski definition) is 2. The van der Waals surface area contributed by atoms with Crippen LogP contribution < -0.4 is 10.6 Å². The number of rotatable bonds is 7. The average molecular weight is 407 g/mol. The predicted molar refractivity (Wildman–Crippen MR) is 102 cm³/mol. The maximum absolute atomic E-state index is 4.23. The van der Waals surface area contributed by atoms with Gasteiger partial charge in [0.05, 0.1) is 0 Å². The van der Waals surface area contributed by atoms with Crippen molar-refractivity contribution < 1.29 is 0 Å². The van der Waals surface area contributed by atoms with E-state index in [9.17, 15) is 0 Å². The Labute approximate surface area is 144 Å². The van der Waals surface area contributed by atoms with Crippen LogP contribution in [0.3, 0.4) is 0 Å². The smallest absolute Gasteiger partial charge is 0.191 e. The minimum Gasteiger partial charge on any atom is -0.356 e. The number of nitrogens with zero attached hydrogens (tertiary/aromatic N) is 1. The summed E-state index contributed by atoms with van der Waals surface area (Å²) in [7, 11) is 1.81. The van der Waals surface area contributed by atoms with Gasteiger partial charge in [-0.15, -0.1) is 24.0 Å². The highest BCUT2D eigenvalue weighted by molar-refractivity contribution is 14.0. The van der Waals surface area contributed by atoms with Gasteiger partial charge in [0.25, 0.3) is 0 Å². The molecule has 5 heteroatoms. The van der Waals surface area contributed by atoms with E-state index in [2.05, 4.69) is 53.1 Å². The first kappa shape index (κ1) is 19.6. The van der Waals surface area contributed by atoms with Crippen LogP contribution in [0.1, 0.15) is 24.0 Å². The van der Waals surface area contributed by atoms with Gasteiger partial charge in [-0.05, 0) is 37.3 Å². The largest absolute Gasteiger partial charge is 0.356 e. The Bertz CT molecular complexity index is 396. The number of unbranched alkanes of at least 4 members (excludes halogenated alkanes) is 1. The quantitative estimate of drug-likeness (QED) is 0.315. The SMILES string of the molecule is CN=C(NCCCCSC)NCc1cccc(C)c1.I. The molecule has 0 aliphatic heterocycles. The lowest BCUT2D eigenvalue weighted by Gasteiger charge is -2.12. The van der Waals surface area contributed by atoms with Gasteiger partial charge in [0, 0.05) is 20.1 Å². The number of thioether (sulfide) groups is 1. The summed E-state index contributed by atoms with van der Waals surface area (Å²) < 4.78 is 0. The van der Waals surface area contributed by atoms with E-state index in [0.29, 0.717) is 0 Å². The Hall–Kier alpha value is -0.430. The number of nitrogens with one attached hydrogen (secondary N) is 2. The van der Waals surface area contributed by atoms with Crippen molar-refractivity contribution >= 4 is 41.7 Å². The summed E-state index contributed by atoms with van der Waals surface area (Å²) in [5.74, 6) is 2.11. The zero-order valence-electron chi connectivity index (χ0n) is 12.6. The molecule has 0 amide bonds. The van der Waals surface area contributed by atoms with Crippen LogP contribution in [-0.4, -0.2) is 31.6 Å². The number of guanidine groups is 1. The standard InChI is InChI=1S/C15H25N3S.HI/c1-13-7-6-8-14(11-13)12-18-15(16-2)17-9-4-5-10-19-3;/h6-8,11H,4-5,9-10,12H2,1-3H3,(H2,16,17,18);1H. The molecule has 3 nitrogen and oxygen atoms in total. The summed E-state index contributed by atoms with van der Waals surface area (Å²) in [4.78, 5) is 4.23. The van der Waals surface area contributed by atoms with E-state index >= 15 is 0 Å². The fraction of sp³-hybridized carbons (Fsp3) is 0.533. The van der Waals surface area contributed by atoms with Crippen molar-refractivity contribution in [3.05, 3.63) is 35.4 Å². The van der Waals surface area contributed by atoms with E-state index < -0.39 is 0 Å². The van der Waals surface area contributed by atoms with E-state index in [0.717, 1.165) is 19.0 Å². The van der Waals surface area contributed by atoms with Crippen LogP contribution in [0.2, 0.25) is 0 Å². The average Bonchev–Trinajstić information content (AvgIpc) is 2.42. The highest BCUT2D eigenvalue weighted by atomic mass is 127. The molecule has 0 saturated carbocycles. The first-order valence-corrected chi connectivity index (χ1v) is 8.14. The first-order chi connectivity index (χ1) is 9.26. The van der Waals surface area contributed by atoms with Crippen molar-refractivity contribution in [2.45, 2.75) is 26.3 Å². The normalized spacial score (nSPS) is 10.8. The fourth-order valence-electron chi connectivity index (χ4n) is 1.81. The Morgan fingerprint density at radius 1 is 1.25 bits per heavy atom. The van der Waals surface area contributed by atoms with Crippen molar-refractivity contribution in [1.29, 1.82) is 0 Å². The molecule has 0 aromatic heterocycles. The second-order valence-corrected chi connectivity index (χ2v) is 5.53. The van der Waals surface area contributed by atoms with E-state index in [4.69, 9.17) is 0 Å². The molecule has 0 heterocycles. The summed E-state index contributed by atoms with van der Waals surface area (Å²) in [6.45, 7) is 3.91. The van der Waals surface area contributed by atoms with Gasteiger partial charge < -0.3 is 10.6 Å². The summed E-state index contributed by atoms with van der Waals surface area (Å²) in [5.41, 5.74) is 2.57. The van der Waals surface area contributed by atoms with Crippen LogP contribution in [0, 0.1) is 6.92 Å². The molecule has 114 valence electrons. The van der Waals surface area contributed by atoms with Gasteiger partial charge in [0.15, 0.2) is 5.96 Å². The molecule has 1 aromatic rings. The van der Waals surface area contributed by atoms with E-state index in [1.807, 2.05) is 18.8 Å². The molecular formula is C15H26IN3S. The molecule has 20 heavy (non-hydrogen) atoms. The zero-order chi connectivity index (χ0) is 13.9. The lowest BCUT2D eigenvalue weighted by atomic mass is 10.1. The minimum absolute atomic E-state index is 0. The molecule has 1 rings (SSSR count). The van der Waals surface area contributed by atoms with Crippen molar-refractivity contribution in [3.63, 3.8) is 0 Å². The molecule has 0 radical (unpaired) electrons. The zero-order valence-corrected chi connectivity index (χ0v) is 15.8. The molecule has 0 aliphatic rings. The lowest BCUT2D eigenvalue weighted by molar-refractivity contribution is 0.733. The van der Waals surface area contributed by atoms with E-state index in [1.165, 1.54) is 29.7 Å². The molecule has 0 fully saturated rings. The number of aliphatic imine (C=N–C) groups is 1. The van der Waals surface area contributed by atoms with Gasteiger partial charge in [-0.25, -0.2) is 0 Å². The molecule has 0 aliphatic carbocycles. The van der Waals surface area contributed by atoms with Crippen LogP contribution in [0.5, 0.6) is 0 Å². The summed E-state index contributed by atoms with van der Waals surface area (Å²) in [6, 6.07) is 8.53. The molecule has 0 bridgehead atoms. The highest BCUT2D eigenvalue weighted by Gasteiger charge is 1.98. The summed E-state index contributed by atoms with van der Waals surface area (Å²) >= 11 is 1.90. The number of hydrogen-bond acceptors (Lipinski definition) is 2. The van der Waals surface area contributed by atoms with Crippen molar-refractivity contribution in [3.8, 4) is 0 Å². The molecule has 2 N–H and O–H groups in total. The van der Waals surface area contributed by atoms with E-state index in [-0.39, 0.29) is 24.0 Å². The number of aryl methyl sites for hydroxylation is 1. The van der Waals surface area contributed by atoms with Gasteiger partial charge in [-0.3, -0.25) is 4.99 Å². The Kier molecular flexibility index (Phi) is 12.1. The molecule has 0 spiro atoms. The maximum Gasteiger partial charge on any atom is 0.191 e. The number of benzene rings is 1. The van der Waals surface area contributed by atoms with Crippen molar-refractivity contribution in [1.82, 2.24) is 10.6 Å². The topological polar surface area (TPSA) is 36.4 Å². The van der Waals surface area contributed by atoms with Crippen LogP contribution in [0.15, 0.2) is 29.3 Å². The third-order valence-corrected chi connectivity index (χ3v) is 3.53. The Morgan fingerprint density at radius 3 is 2.70 bits per heavy atom. The molecule has 0 atom stereocenters. The maximum atomic E-state index is 4.23. The van der Waals surface area contributed by atoms with Crippen LogP contribution >= 0.6 is 35.7 Å². The predicted octanol–water partition coefficient (Wildman–Crippen LogP) is 3.42. The lowest BCUT2D eigenvalue weighted by Crippen LogP contribution is -2.37. The van der Waals surface area contributed by atoms with Gasteiger partial charge in [-0.1, -0.05) is 29.8 Å². The second kappa shape index (κ2) is 12.3. The Morgan fingerprint density at radius 2 is 2.05 bits per heavy atom. The van der Waals surface area contributed by atoms with Crippen LogP contribution in [0.25, 0.3) is 0 Å². The molecule has 1 aromatic carbocycles. The second-order valence-electron chi connectivity index (χ2n) is 4.54. The van der Waals surface area contributed by atoms with Crippen molar-refractivity contribution in [2.75, 3.05) is 25.6 Å². The molecular weight excluding hydrogens is 381 g/mol.